The Bertz CT molecular complexity index is 479. The van der Waals surface area contributed by atoms with E-state index in [4.69, 9.17) is 4.74 Å². The van der Waals surface area contributed by atoms with Crippen LogP contribution in [0.25, 0.3) is 0 Å². The summed E-state index contributed by atoms with van der Waals surface area (Å²) in [7, 11) is 0. The predicted molar refractivity (Wildman–Crippen MR) is 80.0 cm³/mol. The minimum atomic E-state index is -1.07. The molecule has 0 fully saturated rings. The van der Waals surface area contributed by atoms with Gasteiger partial charge in [-0.25, -0.2) is 9.59 Å². The number of ether oxygens (including phenoxy) is 1. The van der Waals surface area contributed by atoms with Gasteiger partial charge in [-0.05, 0) is 32.8 Å². The third-order valence-electron chi connectivity index (χ3n) is 2.75. The van der Waals surface area contributed by atoms with Crippen LogP contribution in [0.2, 0.25) is 0 Å². The fourth-order valence-electron chi connectivity index (χ4n) is 1.98. The number of carbonyl (C=O) groups excluding carboxylic acids is 1. The van der Waals surface area contributed by atoms with Gasteiger partial charge in [0.1, 0.15) is 5.60 Å². The highest BCUT2D eigenvalue weighted by Crippen LogP contribution is 2.24. The number of rotatable bonds is 5. The quantitative estimate of drug-likeness (QED) is 0.902. The second-order valence-corrected chi connectivity index (χ2v) is 5.83. The summed E-state index contributed by atoms with van der Waals surface area (Å²) in [5, 5.41) is 9.52. The molecule has 1 rings (SSSR count). The number of benzene rings is 1. The molecule has 116 valence electrons. The Morgan fingerprint density at radius 2 is 1.81 bits per heavy atom. The van der Waals surface area contributed by atoms with Crippen LogP contribution in [0.5, 0.6) is 0 Å². The monoisotopic (exact) mass is 293 g/mol. The minimum Gasteiger partial charge on any atom is -0.479 e. The molecule has 0 aliphatic heterocycles. The Morgan fingerprint density at radius 3 is 2.24 bits per heavy atom. The number of aliphatic carboxylic acids is 1. The first-order valence-corrected chi connectivity index (χ1v) is 7.03. The molecular weight excluding hydrogens is 270 g/mol. The molecule has 5 heteroatoms. The molecule has 0 aliphatic carbocycles. The Kier molecular flexibility index (Phi) is 5.76. The zero-order valence-corrected chi connectivity index (χ0v) is 13.0. The molecule has 1 aromatic rings. The van der Waals surface area contributed by atoms with Crippen molar-refractivity contribution in [2.75, 3.05) is 6.54 Å². The second-order valence-electron chi connectivity index (χ2n) is 5.83. The molecule has 0 saturated carbocycles. The molecule has 0 aromatic heterocycles. The summed E-state index contributed by atoms with van der Waals surface area (Å²) in [4.78, 5) is 25.2. The first kappa shape index (κ1) is 17.0. The SMILES string of the molecule is CCCN(C(=O)OC(C)(C)C)C(C(=O)O)c1ccccc1. The number of carboxylic acids is 1. The van der Waals surface area contributed by atoms with Gasteiger partial charge in [0, 0.05) is 6.54 Å². The molecule has 0 bridgehead atoms. The van der Waals surface area contributed by atoms with Gasteiger partial charge in [-0.15, -0.1) is 0 Å². The fraction of sp³-hybridized carbons (Fsp3) is 0.500. The number of carbonyl (C=O) groups is 2. The highest BCUT2D eigenvalue weighted by molar-refractivity contribution is 5.81. The molecule has 5 nitrogen and oxygen atoms in total. The maximum absolute atomic E-state index is 12.3. The van der Waals surface area contributed by atoms with E-state index in [-0.39, 0.29) is 0 Å². The van der Waals surface area contributed by atoms with Crippen LogP contribution in [0.15, 0.2) is 30.3 Å². The number of nitrogens with zero attached hydrogens (tertiary/aromatic N) is 1. The fourth-order valence-corrected chi connectivity index (χ4v) is 1.98. The van der Waals surface area contributed by atoms with Crippen molar-refractivity contribution in [3.63, 3.8) is 0 Å². The molecule has 0 radical (unpaired) electrons. The van der Waals surface area contributed by atoms with Crippen LogP contribution >= 0.6 is 0 Å². The van der Waals surface area contributed by atoms with Gasteiger partial charge < -0.3 is 9.84 Å². The van der Waals surface area contributed by atoms with Crippen LogP contribution in [-0.4, -0.2) is 34.2 Å². The first-order valence-electron chi connectivity index (χ1n) is 7.03. The maximum atomic E-state index is 12.3. The van der Waals surface area contributed by atoms with Crippen molar-refractivity contribution in [1.82, 2.24) is 4.90 Å². The van der Waals surface area contributed by atoms with E-state index in [2.05, 4.69) is 0 Å². The van der Waals surface area contributed by atoms with Crippen LogP contribution in [-0.2, 0) is 9.53 Å². The van der Waals surface area contributed by atoms with Gasteiger partial charge in [-0.1, -0.05) is 37.3 Å². The summed E-state index contributed by atoms with van der Waals surface area (Å²) in [5.74, 6) is -1.07. The normalized spacial score (nSPS) is 12.6. The van der Waals surface area contributed by atoms with Crippen molar-refractivity contribution in [2.45, 2.75) is 45.8 Å². The van der Waals surface area contributed by atoms with Crippen LogP contribution in [0, 0.1) is 0 Å². The van der Waals surface area contributed by atoms with Crippen molar-refractivity contribution in [3.05, 3.63) is 35.9 Å². The van der Waals surface area contributed by atoms with E-state index in [1.165, 1.54) is 4.90 Å². The largest absolute Gasteiger partial charge is 0.479 e. The summed E-state index contributed by atoms with van der Waals surface area (Å²) < 4.78 is 5.33. The van der Waals surface area contributed by atoms with Gasteiger partial charge in [0.25, 0.3) is 0 Å². The summed E-state index contributed by atoms with van der Waals surface area (Å²) in [5.41, 5.74) is -0.104. The highest BCUT2D eigenvalue weighted by Gasteiger charge is 2.33. The van der Waals surface area contributed by atoms with Crippen LogP contribution in [0.1, 0.15) is 45.7 Å². The van der Waals surface area contributed by atoms with Gasteiger partial charge in [-0.3, -0.25) is 4.90 Å². The number of hydrogen-bond donors (Lipinski definition) is 1. The van der Waals surface area contributed by atoms with Gasteiger partial charge >= 0.3 is 12.1 Å². The van der Waals surface area contributed by atoms with Gasteiger partial charge in [0.05, 0.1) is 0 Å². The molecule has 1 aromatic carbocycles. The van der Waals surface area contributed by atoms with Gasteiger partial charge in [-0.2, -0.15) is 0 Å². The van der Waals surface area contributed by atoms with E-state index in [0.29, 0.717) is 18.5 Å². The Balaban J connectivity index is 3.10. The van der Waals surface area contributed by atoms with E-state index in [1.54, 1.807) is 51.1 Å². The number of amides is 1. The number of carboxylic acid groups (broad SMARTS) is 1. The molecule has 0 heterocycles. The molecule has 0 spiro atoms. The smallest absolute Gasteiger partial charge is 0.411 e. The molecule has 1 N–H and O–H groups in total. The average molecular weight is 293 g/mol. The van der Waals surface area contributed by atoms with Crippen molar-refractivity contribution in [1.29, 1.82) is 0 Å². The molecule has 0 saturated heterocycles. The maximum Gasteiger partial charge on any atom is 0.411 e. The van der Waals surface area contributed by atoms with Crippen LogP contribution < -0.4 is 0 Å². The van der Waals surface area contributed by atoms with E-state index in [9.17, 15) is 14.7 Å². The zero-order chi connectivity index (χ0) is 16.0. The van der Waals surface area contributed by atoms with Crippen LogP contribution in [0.3, 0.4) is 0 Å². The molecule has 21 heavy (non-hydrogen) atoms. The van der Waals surface area contributed by atoms with E-state index >= 15 is 0 Å². The highest BCUT2D eigenvalue weighted by atomic mass is 16.6. The summed E-state index contributed by atoms with van der Waals surface area (Å²) >= 11 is 0. The van der Waals surface area contributed by atoms with E-state index in [1.807, 2.05) is 6.92 Å². The minimum absolute atomic E-state index is 0.320. The summed E-state index contributed by atoms with van der Waals surface area (Å²) in [6.07, 6.45) is 0.0381. The van der Waals surface area contributed by atoms with Gasteiger partial charge in [0.15, 0.2) is 6.04 Å². The lowest BCUT2D eigenvalue weighted by molar-refractivity contribution is -0.143. The Labute approximate surface area is 125 Å². The Hall–Kier alpha value is -2.04. The summed E-state index contributed by atoms with van der Waals surface area (Å²) in [6, 6.07) is 7.67. The van der Waals surface area contributed by atoms with Crippen molar-refractivity contribution in [2.24, 2.45) is 0 Å². The van der Waals surface area contributed by atoms with Crippen molar-refractivity contribution < 1.29 is 19.4 Å². The molecule has 1 atom stereocenters. The third-order valence-corrected chi connectivity index (χ3v) is 2.75. The lowest BCUT2D eigenvalue weighted by Crippen LogP contribution is -2.42. The van der Waals surface area contributed by atoms with E-state index < -0.39 is 23.7 Å². The second kappa shape index (κ2) is 7.11. The van der Waals surface area contributed by atoms with Gasteiger partial charge in [0.2, 0.25) is 0 Å². The standard InChI is InChI=1S/C16H23NO4/c1-5-11-17(15(20)21-16(2,3)4)13(14(18)19)12-9-7-6-8-10-12/h6-10,13H,5,11H2,1-4H3,(H,18,19). The zero-order valence-electron chi connectivity index (χ0n) is 13.0. The molecule has 0 aliphatic rings. The molecule has 1 unspecified atom stereocenters. The van der Waals surface area contributed by atoms with Crippen molar-refractivity contribution >= 4 is 12.1 Å². The lowest BCUT2D eigenvalue weighted by atomic mass is 10.1. The molecule has 1 amide bonds. The predicted octanol–water partition coefficient (Wildman–Crippen LogP) is 3.46. The number of hydrogen-bond acceptors (Lipinski definition) is 3. The topological polar surface area (TPSA) is 66.8 Å². The summed E-state index contributed by atoms with van der Waals surface area (Å²) in [6.45, 7) is 7.48. The first-order chi connectivity index (χ1) is 9.76. The molecular formula is C16H23NO4. The third kappa shape index (κ3) is 5.10. The average Bonchev–Trinajstić information content (AvgIpc) is 2.37. The lowest BCUT2D eigenvalue weighted by Gasteiger charge is -2.31. The van der Waals surface area contributed by atoms with Crippen molar-refractivity contribution in [3.8, 4) is 0 Å². The van der Waals surface area contributed by atoms with Crippen LogP contribution in [0.4, 0.5) is 4.79 Å². The Morgan fingerprint density at radius 1 is 1.24 bits per heavy atom. The van der Waals surface area contributed by atoms with E-state index in [0.717, 1.165) is 0 Å².